The molecule has 1 N–H and O–H groups in total. The molecule has 0 heterocycles. The number of rotatable bonds is 17. The molecule has 3 heteroatoms. The molecule has 1 amide bonds. The van der Waals surface area contributed by atoms with Crippen LogP contribution in [0.2, 0.25) is 0 Å². The SMILES string of the molecule is CCCCCCCCCCCC[N+](C)(C)CCCNC(=O)[C@H]1CCCCCC[C@H]1C1CCCCCCC1. The standard InChI is InChI=1S/C34H66N2O/c1-4-5-6-7-8-9-10-11-17-22-29-36(2,3)30-23-28-35-34(37)33-27-21-16-15-20-26-32(33)31-24-18-13-12-14-19-25-31/h31-33H,4-30H2,1-3H3/p+1/t32-,33-/m0/s1. The minimum Gasteiger partial charge on any atom is -0.356 e. The lowest BCUT2D eigenvalue weighted by Crippen LogP contribution is -2.43. The molecule has 2 saturated carbocycles. The lowest BCUT2D eigenvalue weighted by Gasteiger charge is -2.36. The van der Waals surface area contributed by atoms with Gasteiger partial charge in [0.25, 0.3) is 0 Å². The maximum Gasteiger partial charge on any atom is 0.223 e. The first-order chi connectivity index (χ1) is 18.0. The van der Waals surface area contributed by atoms with Gasteiger partial charge in [0.2, 0.25) is 5.91 Å². The van der Waals surface area contributed by atoms with Gasteiger partial charge < -0.3 is 9.80 Å². The van der Waals surface area contributed by atoms with E-state index in [4.69, 9.17) is 0 Å². The van der Waals surface area contributed by atoms with Crippen LogP contribution < -0.4 is 5.32 Å². The molecule has 0 aliphatic heterocycles. The maximum atomic E-state index is 13.4. The Morgan fingerprint density at radius 3 is 1.73 bits per heavy atom. The van der Waals surface area contributed by atoms with Gasteiger partial charge in [0.05, 0.1) is 27.2 Å². The molecule has 37 heavy (non-hydrogen) atoms. The van der Waals surface area contributed by atoms with E-state index in [2.05, 4.69) is 26.3 Å². The number of amides is 1. The van der Waals surface area contributed by atoms with E-state index in [0.29, 0.717) is 11.8 Å². The first-order valence-electron chi connectivity index (χ1n) is 17.1. The number of hydrogen-bond donors (Lipinski definition) is 1. The molecule has 0 bridgehead atoms. The largest absolute Gasteiger partial charge is 0.356 e. The molecule has 2 aliphatic carbocycles. The van der Waals surface area contributed by atoms with Gasteiger partial charge in [-0.25, -0.2) is 0 Å². The molecule has 0 aromatic rings. The zero-order valence-corrected chi connectivity index (χ0v) is 25.7. The van der Waals surface area contributed by atoms with Gasteiger partial charge in [0.1, 0.15) is 0 Å². The van der Waals surface area contributed by atoms with Gasteiger partial charge in [-0.15, -0.1) is 0 Å². The number of nitrogens with one attached hydrogen (secondary N) is 1. The van der Waals surface area contributed by atoms with Crippen LogP contribution in [0.1, 0.15) is 161 Å². The summed E-state index contributed by atoms with van der Waals surface area (Å²) >= 11 is 0. The van der Waals surface area contributed by atoms with E-state index in [0.717, 1.165) is 29.8 Å². The van der Waals surface area contributed by atoms with Crippen molar-refractivity contribution in [3.05, 3.63) is 0 Å². The number of quaternary nitrogens is 1. The highest BCUT2D eigenvalue weighted by atomic mass is 16.1. The van der Waals surface area contributed by atoms with Crippen molar-refractivity contribution >= 4 is 5.91 Å². The van der Waals surface area contributed by atoms with Crippen LogP contribution in [0.25, 0.3) is 0 Å². The molecule has 0 unspecified atom stereocenters. The van der Waals surface area contributed by atoms with Gasteiger partial charge in [0.15, 0.2) is 0 Å². The van der Waals surface area contributed by atoms with E-state index >= 15 is 0 Å². The molecule has 3 nitrogen and oxygen atoms in total. The Labute approximate surface area is 232 Å². The van der Waals surface area contributed by atoms with E-state index in [9.17, 15) is 4.79 Å². The summed E-state index contributed by atoms with van der Waals surface area (Å²) in [6.45, 7) is 5.61. The zero-order chi connectivity index (χ0) is 26.6. The smallest absolute Gasteiger partial charge is 0.223 e. The molecule has 2 aliphatic rings. The van der Waals surface area contributed by atoms with E-state index in [-0.39, 0.29) is 5.92 Å². The number of hydrogen-bond acceptors (Lipinski definition) is 1. The highest BCUT2D eigenvalue weighted by Gasteiger charge is 2.34. The molecular formula is C34H67N2O+. The normalized spacial score (nSPS) is 22.6. The summed E-state index contributed by atoms with van der Waals surface area (Å²) in [6, 6.07) is 0. The van der Waals surface area contributed by atoms with Crippen molar-refractivity contribution in [2.75, 3.05) is 33.7 Å². The van der Waals surface area contributed by atoms with Crippen LogP contribution >= 0.6 is 0 Å². The van der Waals surface area contributed by atoms with Crippen LogP contribution in [0.5, 0.6) is 0 Å². The van der Waals surface area contributed by atoms with Crippen molar-refractivity contribution in [2.24, 2.45) is 17.8 Å². The Balaban J connectivity index is 1.64. The van der Waals surface area contributed by atoms with Gasteiger partial charge in [0, 0.05) is 18.9 Å². The van der Waals surface area contributed by atoms with Crippen LogP contribution in [0.15, 0.2) is 0 Å². The van der Waals surface area contributed by atoms with Crippen LogP contribution in [0.3, 0.4) is 0 Å². The van der Waals surface area contributed by atoms with Crippen molar-refractivity contribution in [3.8, 4) is 0 Å². The van der Waals surface area contributed by atoms with Crippen molar-refractivity contribution in [3.63, 3.8) is 0 Å². The summed E-state index contributed by atoms with van der Waals surface area (Å²) in [5.74, 6) is 2.11. The molecule has 0 aromatic carbocycles. The van der Waals surface area contributed by atoms with Crippen LogP contribution in [0.4, 0.5) is 0 Å². The van der Waals surface area contributed by atoms with Crippen molar-refractivity contribution in [1.82, 2.24) is 5.32 Å². The van der Waals surface area contributed by atoms with Crippen molar-refractivity contribution in [1.29, 1.82) is 0 Å². The van der Waals surface area contributed by atoms with Crippen molar-refractivity contribution < 1.29 is 9.28 Å². The summed E-state index contributed by atoms with van der Waals surface area (Å²) < 4.78 is 1.10. The first kappa shape index (κ1) is 32.6. The van der Waals surface area contributed by atoms with Gasteiger partial charge in [-0.05, 0) is 37.5 Å². The van der Waals surface area contributed by atoms with E-state index in [1.807, 2.05) is 0 Å². The Bertz CT molecular complexity index is 552. The number of carbonyl (C=O) groups excluding carboxylic acids is 1. The third-order valence-corrected chi connectivity index (χ3v) is 9.77. The molecular weight excluding hydrogens is 452 g/mol. The molecule has 0 spiro atoms. The number of nitrogens with zero attached hydrogens (tertiary/aromatic N) is 1. The fourth-order valence-electron chi connectivity index (χ4n) is 7.31. The van der Waals surface area contributed by atoms with Gasteiger partial charge in [-0.3, -0.25) is 4.79 Å². The topological polar surface area (TPSA) is 29.1 Å². The number of carbonyl (C=O) groups is 1. The third kappa shape index (κ3) is 15.0. The molecule has 2 fully saturated rings. The Kier molecular flexibility index (Phi) is 18.0. The first-order valence-corrected chi connectivity index (χ1v) is 17.1. The third-order valence-electron chi connectivity index (χ3n) is 9.77. The predicted octanol–water partition coefficient (Wildman–Crippen LogP) is 9.44. The highest BCUT2D eigenvalue weighted by molar-refractivity contribution is 5.79. The fraction of sp³-hybridized carbons (Fsp3) is 0.971. The summed E-state index contributed by atoms with van der Waals surface area (Å²) in [6.07, 6.45) is 32.7. The van der Waals surface area contributed by atoms with E-state index < -0.39 is 0 Å². The minimum absolute atomic E-state index is 0.277. The monoisotopic (exact) mass is 520 g/mol. The van der Waals surface area contributed by atoms with Crippen LogP contribution in [-0.2, 0) is 4.79 Å². The molecule has 0 saturated heterocycles. The summed E-state index contributed by atoms with van der Waals surface area (Å²) in [4.78, 5) is 13.4. The van der Waals surface area contributed by atoms with Gasteiger partial charge in [-0.2, -0.15) is 0 Å². The molecule has 218 valence electrons. The molecule has 0 radical (unpaired) electrons. The molecule has 2 rings (SSSR count). The van der Waals surface area contributed by atoms with Crippen molar-refractivity contribution in [2.45, 2.75) is 161 Å². The number of unbranched alkanes of at least 4 members (excludes halogenated alkanes) is 9. The minimum atomic E-state index is 0.277. The summed E-state index contributed by atoms with van der Waals surface area (Å²) in [5.41, 5.74) is 0. The lowest BCUT2D eigenvalue weighted by atomic mass is 9.70. The second-order valence-corrected chi connectivity index (χ2v) is 13.6. The summed E-state index contributed by atoms with van der Waals surface area (Å²) in [7, 11) is 4.77. The van der Waals surface area contributed by atoms with Gasteiger partial charge in [-0.1, -0.05) is 129 Å². The molecule has 2 atom stereocenters. The maximum absolute atomic E-state index is 13.4. The average Bonchev–Trinajstić information content (AvgIpc) is 2.83. The molecule has 0 aromatic heterocycles. The van der Waals surface area contributed by atoms with E-state index in [1.54, 1.807) is 0 Å². The second kappa shape index (κ2) is 20.3. The second-order valence-electron chi connectivity index (χ2n) is 13.6. The highest BCUT2D eigenvalue weighted by Crippen LogP contribution is 2.39. The fourth-order valence-corrected chi connectivity index (χ4v) is 7.31. The Morgan fingerprint density at radius 1 is 0.622 bits per heavy atom. The van der Waals surface area contributed by atoms with E-state index in [1.165, 1.54) is 154 Å². The van der Waals surface area contributed by atoms with Gasteiger partial charge >= 0.3 is 0 Å². The Morgan fingerprint density at radius 2 is 1.11 bits per heavy atom. The van der Waals surface area contributed by atoms with Crippen LogP contribution in [0, 0.1) is 17.8 Å². The zero-order valence-electron chi connectivity index (χ0n) is 25.7. The lowest BCUT2D eigenvalue weighted by molar-refractivity contribution is -0.890. The summed E-state index contributed by atoms with van der Waals surface area (Å²) in [5, 5.41) is 3.43. The Hall–Kier alpha value is -0.570. The van der Waals surface area contributed by atoms with Crippen LogP contribution in [-0.4, -0.2) is 44.1 Å². The average molecular weight is 520 g/mol. The quantitative estimate of drug-likeness (QED) is 0.150. The predicted molar refractivity (Wildman–Crippen MR) is 162 cm³/mol.